The molecule has 0 radical (unpaired) electrons. The lowest BCUT2D eigenvalue weighted by molar-refractivity contribution is 0.199. The topological polar surface area (TPSA) is 56.7 Å². The van der Waals surface area contributed by atoms with E-state index in [-0.39, 0.29) is 0 Å². The van der Waals surface area contributed by atoms with E-state index in [1.54, 1.807) is 0 Å². The van der Waals surface area contributed by atoms with E-state index in [1.807, 2.05) is 0 Å². The van der Waals surface area contributed by atoms with Gasteiger partial charge in [-0.3, -0.25) is 0 Å². The van der Waals surface area contributed by atoms with Crippen molar-refractivity contribution in [1.29, 1.82) is 0 Å². The van der Waals surface area contributed by atoms with Crippen LogP contribution in [0, 0.1) is 5.92 Å². The Labute approximate surface area is 103 Å². The van der Waals surface area contributed by atoms with Gasteiger partial charge in [0.1, 0.15) is 0 Å². The third-order valence-electron chi connectivity index (χ3n) is 4.71. The molecular formula is C13H22N4. The average molecular weight is 234 g/mol. The van der Waals surface area contributed by atoms with Crippen LogP contribution in [-0.4, -0.2) is 15.0 Å². The maximum atomic E-state index is 5.79. The predicted octanol–water partition coefficient (Wildman–Crippen LogP) is 2.37. The Morgan fingerprint density at radius 3 is 2.47 bits per heavy atom. The van der Waals surface area contributed by atoms with Crippen molar-refractivity contribution >= 4 is 0 Å². The van der Waals surface area contributed by atoms with Gasteiger partial charge in [0, 0.05) is 12.5 Å². The molecule has 1 unspecified atom stereocenters. The molecule has 17 heavy (non-hydrogen) atoms. The molecule has 2 fully saturated rings. The van der Waals surface area contributed by atoms with Gasteiger partial charge in [-0.25, -0.2) is 4.68 Å². The van der Waals surface area contributed by atoms with Crippen molar-refractivity contribution in [2.75, 3.05) is 0 Å². The molecule has 94 valence electrons. The van der Waals surface area contributed by atoms with Gasteiger partial charge in [0.15, 0.2) is 0 Å². The Bertz CT molecular complexity index is 390. The van der Waals surface area contributed by atoms with Crippen molar-refractivity contribution in [1.82, 2.24) is 15.0 Å². The zero-order valence-electron chi connectivity index (χ0n) is 10.6. The van der Waals surface area contributed by atoms with Gasteiger partial charge in [0.25, 0.3) is 0 Å². The summed E-state index contributed by atoms with van der Waals surface area (Å²) in [5.41, 5.74) is 8.16. The van der Waals surface area contributed by atoms with Crippen LogP contribution in [0.4, 0.5) is 0 Å². The summed E-state index contributed by atoms with van der Waals surface area (Å²) in [5, 5.41) is 8.67. The number of aromatic nitrogens is 3. The van der Waals surface area contributed by atoms with E-state index in [0.29, 0.717) is 18.5 Å². The number of nitrogens with zero attached hydrogens (tertiary/aromatic N) is 3. The van der Waals surface area contributed by atoms with Crippen molar-refractivity contribution in [2.45, 2.75) is 64.0 Å². The van der Waals surface area contributed by atoms with Crippen molar-refractivity contribution in [3.8, 4) is 0 Å². The van der Waals surface area contributed by atoms with E-state index in [0.717, 1.165) is 11.6 Å². The first kappa shape index (κ1) is 11.2. The molecular weight excluding hydrogens is 212 g/mol. The molecule has 2 N–H and O–H groups in total. The molecule has 0 bridgehead atoms. The standard InChI is InChI=1S/C13H22N4/c1-9(10-4-2-5-10)17-13(11-6-3-7-11)12(8-14)15-16-17/h9-11H,2-8,14H2,1H3. The Balaban J connectivity index is 1.88. The van der Waals surface area contributed by atoms with Gasteiger partial charge >= 0.3 is 0 Å². The number of hydrogen-bond donors (Lipinski definition) is 1. The second kappa shape index (κ2) is 4.41. The minimum Gasteiger partial charge on any atom is -0.325 e. The summed E-state index contributed by atoms with van der Waals surface area (Å²) in [7, 11) is 0. The van der Waals surface area contributed by atoms with E-state index in [2.05, 4.69) is 21.9 Å². The first-order valence-corrected chi connectivity index (χ1v) is 6.95. The molecule has 4 heteroatoms. The summed E-state index contributed by atoms with van der Waals surface area (Å²) in [6.07, 6.45) is 8.01. The Hall–Kier alpha value is -0.900. The van der Waals surface area contributed by atoms with Crippen molar-refractivity contribution < 1.29 is 0 Å². The summed E-state index contributed by atoms with van der Waals surface area (Å²) in [4.78, 5) is 0. The zero-order valence-corrected chi connectivity index (χ0v) is 10.6. The molecule has 1 aromatic rings. The lowest BCUT2D eigenvalue weighted by Gasteiger charge is -2.34. The largest absolute Gasteiger partial charge is 0.325 e. The van der Waals surface area contributed by atoms with E-state index in [9.17, 15) is 0 Å². The van der Waals surface area contributed by atoms with Crippen LogP contribution in [0.2, 0.25) is 0 Å². The van der Waals surface area contributed by atoms with Crippen LogP contribution in [0.3, 0.4) is 0 Å². The van der Waals surface area contributed by atoms with Crippen LogP contribution < -0.4 is 5.73 Å². The summed E-state index contributed by atoms with van der Waals surface area (Å²) < 4.78 is 2.19. The van der Waals surface area contributed by atoms with Gasteiger partial charge in [-0.05, 0) is 38.5 Å². The average Bonchev–Trinajstić information content (AvgIpc) is 2.56. The first-order valence-electron chi connectivity index (χ1n) is 6.95. The van der Waals surface area contributed by atoms with Crippen LogP contribution in [0.1, 0.15) is 68.8 Å². The minimum absolute atomic E-state index is 0.507. The van der Waals surface area contributed by atoms with Crippen LogP contribution in [0.25, 0.3) is 0 Å². The smallest absolute Gasteiger partial charge is 0.0997 e. The maximum absolute atomic E-state index is 5.79. The van der Waals surface area contributed by atoms with Crippen LogP contribution in [0.5, 0.6) is 0 Å². The molecule has 1 aromatic heterocycles. The molecule has 0 aliphatic heterocycles. The second-order valence-electron chi connectivity index (χ2n) is 5.63. The molecule has 0 amide bonds. The van der Waals surface area contributed by atoms with E-state index in [1.165, 1.54) is 44.2 Å². The highest BCUT2D eigenvalue weighted by molar-refractivity contribution is 5.18. The monoisotopic (exact) mass is 234 g/mol. The fourth-order valence-corrected chi connectivity index (χ4v) is 3.01. The molecule has 3 rings (SSSR count). The molecule has 2 aliphatic rings. The zero-order chi connectivity index (χ0) is 11.8. The number of rotatable bonds is 4. The van der Waals surface area contributed by atoms with Gasteiger partial charge in [-0.2, -0.15) is 0 Å². The Morgan fingerprint density at radius 2 is 2.00 bits per heavy atom. The van der Waals surface area contributed by atoms with Gasteiger partial charge in [-0.15, -0.1) is 5.10 Å². The molecule has 1 heterocycles. The number of hydrogen-bond acceptors (Lipinski definition) is 3. The van der Waals surface area contributed by atoms with E-state index in [4.69, 9.17) is 5.73 Å². The molecule has 0 aromatic carbocycles. The van der Waals surface area contributed by atoms with Gasteiger partial charge in [0.05, 0.1) is 17.4 Å². The van der Waals surface area contributed by atoms with Gasteiger partial charge < -0.3 is 5.73 Å². The summed E-state index contributed by atoms with van der Waals surface area (Å²) in [5.74, 6) is 1.48. The normalized spacial score (nSPS) is 23.2. The summed E-state index contributed by atoms with van der Waals surface area (Å²) >= 11 is 0. The minimum atomic E-state index is 0.507. The molecule has 0 saturated heterocycles. The highest BCUT2D eigenvalue weighted by Gasteiger charge is 2.32. The molecule has 1 atom stereocenters. The number of nitrogens with two attached hydrogens (primary N) is 1. The third kappa shape index (κ3) is 1.79. The predicted molar refractivity (Wildman–Crippen MR) is 66.6 cm³/mol. The summed E-state index contributed by atoms with van der Waals surface area (Å²) in [6, 6.07) is 0.507. The third-order valence-corrected chi connectivity index (χ3v) is 4.71. The van der Waals surface area contributed by atoms with Gasteiger partial charge in [0.2, 0.25) is 0 Å². The summed E-state index contributed by atoms with van der Waals surface area (Å²) in [6.45, 7) is 2.82. The molecule has 2 saturated carbocycles. The Morgan fingerprint density at radius 1 is 1.29 bits per heavy atom. The van der Waals surface area contributed by atoms with Gasteiger partial charge in [-0.1, -0.05) is 18.1 Å². The maximum Gasteiger partial charge on any atom is 0.0997 e. The highest BCUT2D eigenvalue weighted by Crippen LogP contribution is 2.41. The fraction of sp³-hybridized carbons (Fsp3) is 0.846. The molecule has 2 aliphatic carbocycles. The SMILES string of the molecule is CC(C1CCC1)n1nnc(CN)c1C1CCC1. The van der Waals surface area contributed by atoms with Crippen molar-refractivity contribution in [3.05, 3.63) is 11.4 Å². The van der Waals surface area contributed by atoms with Crippen molar-refractivity contribution in [3.63, 3.8) is 0 Å². The lowest BCUT2D eigenvalue weighted by Crippen LogP contribution is -2.27. The van der Waals surface area contributed by atoms with E-state index >= 15 is 0 Å². The quantitative estimate of drug-likeness (QED) is 0.870. The fourth-order valence-electron chi connectivity index (χ4n) is 3.01. The molecule has 0 spiro atoms. The lowest BCUT2D eigenvalue weighted by atomic mass is 9.78. The van der Waals surface area contributed by atoms with Crippen molar-refractivity contribution in [2.24, 2.45) is 11.7 Å². The van der Waals surface area contributed by atoms with Crippen LogP contribution in [0.15, 0.2) is 0 Å². The highest BCUT2D eigenvalue weighted by atomic mass is 15.4. The first-order chi connectivity index (χ1) is 8.31. The van der Waals surface area contributed by atoms with Crippen LogP contribution >= 0.6 is 0 Å². The van der Waals surface area contributed by atoms with E-state index < -0.39 is 0 Å². The molecule has 4 nitrogen and oxygen atoms in total. The Kier molecular flexibility index (Phi) is 2.90. The van der Waals surface area contributed by atoms with Crippen LogP contribution in [-0.2, 0) is 6.54 Å². The second-order valence-corrected chi connectivity index (χ2v) is 5.63.